The van der Waals surface area contributed by atoms with Crippen molar-refractivity contribution in [3.8, 4) is 0 Å². The van der Waals surface area contributed by atoms with Crippen molar-refractivity contribution in [1.29, 1.82) is 0 Å². The maximum absolute atomic E-state index is 12.1. The van der Waals surface area contributed by atoms with E-state index in [9.17, 15) is 9.59 Å². The number of carboxylic acids is 1. The van der Waals surface area contributed by atoms with Gasteiger partial charge in [-0.15, -0.1) is 0 Å². The first-order chi connectivity index (χ1) is 10.1. The number of nitrogens with one attached hydrogen (secondary N) is 1. The van der Waals surface area contributed by atoms with Crippen molar-refractivity contribution in [1.82, 2.24) is 5.32 Å². The molecule has 116 valence electrons. The second-order valence-electron chi connectivity index (χ2n) is 5.31. The molecule has 1 atom stereocenters. The number of carboxylic acid groups (broad SMARTS) is 1. The van der Waals surface area contributed by atoms with Gasteiger partial charge in [0, 0.05) is 0 Å². The van der Waals surface area contributed by atoms with Gasteiger partial charge in [0.15, 0.2) is 0 Å². The number of furan rings is 1. The number of aliphatic carboxylic acids is 1. The molecule has 6 heteroatoms. The lowest BCUT2D eigenvalue weighted by atomic mass is 9.98. The smallest absolute Gasteiger partial charge is 0.324 e. The molecule has 1 saturated carbocycles. The molecule has 1 aromatic heterocycles. The van der Waals surface area contributed by atoms with Crippen LogP contribution in [0.4, 0.5) is 0 Å². The van der Waals surface area contributed by atoms with Gasteiger partial charge in [-0.2, -0.15) is 0 Å². The summed E-state index contributed by atoms with van der Waals surface area (Å²) in [6.45, 7) is 0.296. The van der Waals surface area contributed by atoms with E-state index in [1.54, 1.807) is 12.1 Å². The molecular weight excluding hydrogens is 274 g/mol. The van der Waals surface area contributed by atoms with Crippen LogP contribution in [0.2, 0.25) is 0 Å². The minimum absolute atomic E-state index is 0.0760. The minimum Gasteiger partial charge on any atom is -0.481 e. The first kappa shape index (κ1) is 15.6. The summed E-state index contributed by atoms with van der Waals surface area (Å²) >= 11 is 0. The Kier molecular flexibility index (Phi) is 5.80. The van der Waals surface area contributed by atoms with Crippen molar-refractivity contribution in [2.45, 2.75) is 57.2 Å². The summed E-state index contributed by atoms with van der Waals surface area (Å²) < 4.78 is 10.6. The van der Waals surface area contributed by atoms with Gasteiger partial charge in [-0.1, -0.05) is 6.42 Å². The van der Waals surface area contributed by atoms with Crippen LogP contribution >= 0.6 is 0 Å². The first-order valence-corrected chi connectivity index (χ1v) is 7.33. The largest absolute Gasteiger partial charge is 0.481 e. The molecular formula is C15H21NO5. The van der Waals surface area contributed by atoms with Crippen molar-refractivity contribution >= 4 is 11.9 Å². The van der Waals surface area contributed by atoms with Crippen molar-refractivity contribution in [2.75, 3.05) is 0 Å². The highest BCUT2D eigenvalue weighted by Gasteiger charge is 2.26. The predicted molar refractivity (Wildman–Crippen MR) is 74.6 cm³/mol. The number of esters is 1. The third kappa shape index (κ3) is 5.23. The number of rotatable bonds is 7. The van der Waals surface area contributed by atoms with Crippen LogP contribution in [-0.2, 0) is 20.9 Å². The maximum atomic E-state index is 12.1. The topological polar surface area (TPSA) is 88.8 Å². The van der Waals surface area contributed by atoms with Crippen molar-refractivity contribution in [2.24, 2.45) is 0 Å². The summed E-state index contributed by atoms with van der Waals surface area (Å²) in [6.07, 6.45) is 6.17. The van der Waals surface area contributed by atoms with E-state index in [0.717, 1.165) is 25.7 Å². The Bertz CT molecular complexity index is 451. The summed E-state index contributed by atoms with van der Waals surface area (Å²) in [4.78, 5) is 23.0. The molecule has 0 spiro atoms. The van der Waals surface area contributed by atoms with Gasteiger partial charge in [0.2, 0.25) is 0 Å². The summed E-state index contributed by atoms with van der Waals surface area (Å²) in [5, 5.41) is 11.8. The van der Waals surface area contributed by atoms with Crippen LogP contribution in [0.25, 0.3) is 0 Å². The average molecular weight is 295 g/mol. The SMILES string of the molecule is O=C(O)CC(NCc1ccco1)C(=O)OC1CCCCC1. The van der Waals surface area contributed by atoms with Gasteiger partial charge in [0.05, 0.1) is 19.2 Å². The molecule has 0 aliphatic heterocycles. The molecule has 1 aliphatic carbocycles. The van der Waals surface area contributed by atoms with Gasteiger partial charge in [0.1, 0.15) is 17.9 Å². The molecule has 6 nitrogen and oxygen atoms in total. The fourth-order valence-corrected chi connectivity index (χ4v) is 2.48. The number of hydrogen-bond acceptors (Lipinski definition) is 5. The van der Waals surface area contributed by atoms with Crippen LogP contribution in [0.5, 0.6) is 0 Å². The Morgan fingerprint density at radius 1 is 1.38 bits per heavy atom. The summed E-state index contributed by atoms with van der Waals surface area (Å²) in [7, 11) is 0. The Balaban J connectivity index is 1.87. The maximum Gasteiger partial charge on any atom is 0.324 e. The lowest BCUT2D eigenvalue weighted by molar-refractivity contribution is -0.156. The van der Waals surface area contributed by atoms with E-state index in [1.807, 2.05) is 0 Å². The van der Waals surface area contributed by atoms with Crippen molar-refractivity contribution in [3.05, 3.63) is 24.2 Å². The van der Waals surface area contributed by atoms with Crippen LogP contribution in [0.3, 0.4) is 0 Å². The van der Waals surface area contributed by atoms with Gasteiger partial charge in [-0.25, -0.2) is 0 Å². The number of carbonyl (C=O) groups is 2. The molecule has 0 bridgehead atoms. The van der Waals surface area contributed by atoms with E-state index in [0.29, 0.717) is 12.3 Å². The molecule has 2 rings (SSSR count). The molecule has 1 heterocycles. The van der Waals surface area contributed by atoms with Gasteiger partial charge < -0.3 is 14.3 Å². The van der Waals surface area contributed by atoms with Crippen molar-refractivity contribution in [3.63, 3.8) is 0 Å². The monoisotopic (exact) mass is 295 g/mol. The molecule has 0 saturated heterocycles. The quantitative estimate of drug-likeness (QED) is 0.749. The van der Waals surface area contributed by atoms with E-state index in [4.69, 9.17) is 14.3 Å². The van der Waals surface area contributed by atoms with Gasteiger partial charge in [-0.05, 0) is 37.8 Å². The first-order valence-electron chi connectivity index (χ1n) is 7.33. The third-order valence-corrected chi connectivity index (χ3v) is 3.60. The molecule has 0 amide bonds. The Morgan fingerprint density at radius 3 is 2.76 bits per heavy atom. The van der Waals surface area contributed by atoms with Gasteiger partial charge in [-0.3, -0.25) is 14.9 Å². The lowest BCUT2D eigenvalue weighted by Gasteiger charge is -2.24. The van der Waals surface area contributed by atoms with E-state index in [-0.39, 0.29) is 12.5 Å². The van der Waals surface area contributed by atoms with Crippen LogP contribution < -0.4 is 5.32 Å². The molecule has 1 fully saturated rings. The Hall–Kier alpha value is -1.82. The molecule has 0 radical (unpaired) electrons. The fourth-order valence-electron chi connectivity index (χ4n) is 2.48. The van der Waals surface area contributed by atoms with Crippen molar-refractivity contribution < 1.29 is 23.8 Å². The summed E-state index contributed by atoms with van der Waals surface area (Å²) in [6, 6.07) is 2.65. The highest BCUT2D eigenvalue weighted by atomic mass is 16.5. The highest BCUT2D eigenvalue weighted by Crippen LogP contribution is 2.21. The molecule has 1 aliphatic rings. The van der Waals surface area contributed by atoms with Crippen LogP contribution in [0, 0.1) is 0 Å². The zero-order valence-corrected chi connectivity index (χ0v) is 11.9. The minimum atomic E-state index is -1.03. The highest BCUT2D eigenvalue weighted by molar-refractivity contribution is 5.82. The predicted octanol–water partition coefficient (Wildman–Crippen LogP) is 2.09. The van der Waals surface area contributed by atoms with Gasteiger partial charge >= 0.3 is 11.9 Å². The lowest BCUT2D eigenvalue weighted by Crippen LogP contribution is -2.41. The summed E-state index contributed by atoms with van der Waals surface area (Å²) in [5.41, 5.74) is 0. The third-order valence-electron chi connectivity index (χ3n) is 3.60. The molecule has 1 aromatic rings. The second-order valence-corrected chi connectivity index (χ2v) is 5.31. The van der Waals surface area contributed by atoms with E-state index in [2.05, 4.69) is 5.32 Å². The number of ether oxygens (including phenoxy) is 1. The van der Waals surface area contributed by atoms with E-state index >= 15 is 0 Å². The number of carbonyl (C=O) groups excluding carboxylic acids is 1. The number of hydrogen-bond donors (Lipinski definition) is 2. The normalized spacial score (nSPS) is 17.3. The molecule has 2 N–H and O–H groups in total. The molecule has 0 aromatic carbocycles. The summed E-state index contributed by atoms with van der Waals surface area (Å²) in [5.74, 6) is -0.876. The van der Waals surface area contributed by atoms with Crippen LogP contribution in [0.15, 0.2) is 22.8 Å². The van der Waals surface area contributed by atoms with E-state index in [1.165, 1.54) is 12.7 Å². The Morgan fingerprint density at radius 2 is 2.14 bits per heavy atom. The molecule has 21 heavy (non-hydrogen) atoms. The Labute approximate surface area is 123 Å². The fraction of sp³-hybridized carbons (Fsp3) is 0.600. The van der Waals surface area contributed by atoms with Crippen LogP contribution in [0.1, 0.15) is 44.3 Å². The van der Waals surface area contributed by atoms with E-state index < -0.39 is 18.0 Å². The van der Waals surface area contributed by atoms with Gasteiger partial charge in [0.25, 0.3) is 0 Å². The zero-order chi connectivity index (χ0) is 15.1. The average Bonchev–Trinajstić information content (AvgIpc) is 2.97. The second kappa shape index (κ2) is 7.83. The standard InChI is InChI=1S/C15H21NO5/c17-14(18)9-13(16-10-12-7-4-8-20-12)15(19)21-11-5-2-1-3-6-11/h4,7-8,11,13,16H,1-3,5-6,9-10H2,(H,17,18). The molecule has 1 unspecified atom stereocenters. The zero-order valence-electron chi connectivity index (χ0n) is 11.9. The van der Waals surface area contributed by atoms with Crippen LogP contribution in [-0.4, -0.2) is 29.2 Å².